The maximum Gasteiger partial charge on any atom is 0.258 e. The van der Waals surface area contributed by atoms with Crippen molar-refractivity contribution < 1.29 is 4.79 Å². The molecule has 0 aliphatic carbocycles. The first-order chi connectivity index (χ1) is 18.2. The number of carbonyl (C=O) groups is 1. The number of carbonyl (C=O) groups excluding carboxylic acids is 1. The molecule has 1 saturated heterocycles. The number of para-hydroxylation sites is 1. The summed E-state index contributed by atoms with van der Waals surface area (Å²) in [6.07, 6.45) is 5.73. The van der Waals surface area contributed by atoms with Gasteiger partial charge in [0.05, 0.1) is 21.3 Å². The van der Waals surface area contributed by atoms with Crippen LogP contribution in [0.25, 0.3) is 43.4 Å². The number of hydrogen-bond donors (Lipinski definition) is 2. The quantitative estimate of drug-likeness (QED) is 0.352. The fraction of sp³-hybridized carbons (Fsp3) is 0.207. The Morgan fingerprint density at radius 2 is 1.84 bits per heavy atom. The van der Waals surface area contributed by atoms with Crippen molar-refractivity contribution in [2.75, 3.05) is 26.2 Å². The number of nitrogens with one attached hydrogen (secondary N) is 1. The van der Waals surface area contributed by atoms with Crippen molar-refractivity contribution in [2.24, 2.45) is 5.73 Å². The summed E-state index contributed by atoms with van der Waals surface area (Å²) in [5.41, 5.74) is 9.58. The van der Waals surface area contributed by atoms with Crippen molar-refractivity contribution in [3.05, 3.63) is 88.2 Å². The van der Waals surface area contributed by atoms with Crippen molar-refractivity contribution in [1.29, 1.82) is 0 Å². The third kappa shape index (κ3) is 4.18. The van der Waals surface area contributed by atoms with E-state index < -0.39 is 0 Å². The van der Waals surface area contributed by atoms with Crippen LogP contribution in [-0.2, 0) is 0 Å². The molecule has 186 valence electrons. The van der Waals surface area contributed by atoms with E-state index in [4.69, 9.17) is 10.7 Å². The summed E-state index contributed by atoms with van der Waals surface area (Å²) in [6, 6.07) is 19.4. The van der Waals surface area contributed by atoms with E-state index in [1.807, 2.05) is 65.1 Å². The number of aromatic nitrogens is 2. The van der Waals surface area contributed by atoms with Crippen molar-refractivity contribution in [1.82, 2.24) is 19.6 Å². The summed E-state index contributed by atoms with van der Waals surface area (Å²) in [5, 5.41) is 3.42. The van der Waals surface area contributed by atoms with Crippen LogP contribution in [0.1, 0.15) is 28.8 Å². The van der Waals surface area contributed by atoms with Gasteiger partial charge in [0, 0.05) is 18.7 Å². The first-order valence-corrected chi connectivity index (χ1v) is 13.3. The van der Waals surface area contributed by atoms with Gasteiger partial charge in [-0.05, 0) is 68.0 Å². The SMILES string of the molecule is N/C=C/c1ccccc1-c1ccc2c(=O)c(C(=O)NCCN3CCCC3)c3sc4ccccc4n3c2n1. The number of benzene rings is 2. The molecule has 7 nitrogen and oxygen atoms in total. The third-order valence-electron chi connectivity index (χ3n) is 6.94. The number of fused-ring (bicyclic) bond motifs is 5. The fourth-order valence-corrected chi connectivity index (χ4v) is 6.32. The highest BCUT2D eigenvalue weighted by Gasteiger charge is 2.23. The summed E-state index contributed by atoms with van der Waals surface area (Å²) in [7, 11) is 0. The summed E-state index contributed by atoms with van der Waals surface area (Å²) < 4.78 is 2.94. The van der Waals surface area contributed by atoms with Crippen LogP contribution in [0.3, 0.4) is 0 Å². The molecule has 37 heavy (non-hydrogen) atoms. The molecule has 0 saturated carbocycles. The average molecular weight is 510 g/mol. The molecule has 1 fully saturated rings. The van der Waals surface area contributed by atoms with Crippen molar-refractivity contribution >= 4 is 49.4 Å². The molecule has 3 aromatic heterocycles. The standard InChI is InChI=1S/C29H27N5O2S/c30-14-13-19-7-1-2-8-20(19)22-12-11-21-26(35)25(28(36)31-15-18-33-16-5-6-17-33)29-34(27(21)32-22)23-9-3-4-10-24(23)37-29/h1-4,7-14H,5-6,15-18,30H2,(H,31,36)/b14-13+. The molecule has 0 spiro atoms. The number of amides is 1. The Bertz CT molecular complexity index is 1730. The van der Waals surface area contributed by atoms with Crippen LogP contribution in [0.5, 0.6) is 0 Å². The molecule has 0 unspecified atom stereocenters. The van der Waals surface area contributed by atoms with Gasteiger partial charge in [0.25, 0.3) is 5.91 Å². The second-order valence-corrected chi connectivity index (χ2v) is 10.3. The van der Waals surface area contributed by atoms with Gasteiger partial charge >= 0.3 is 0 Å². The molecule has 6 rings (SSSR count). The number of nitrogens with two attached hydrogens (primary N) is 1. The smallest absolute Gasteiger partial charge is 0.258 e. The van der Waals surface area contributed by atoms with E-state index in [9.17, 15) is 9.59 Å². The topological polar surface area (TPSA) is 92.7 Å². The van der Waals surface area contributed by atoms with Gasteiger partial charge in [-0.1, -0.05) is 36.4 Å². The van der Waals surface area contributed by atoms with Crippen molar-refractivity contribution in [2.45, 2.75) is 12.8 Å². The molecule has 3 N–H and O–H groups in total. The first kappa shape index (κ1) is 23.4. The Morgan fingerprint density at radius 1 is 1.05 bits per heavy atom. The van der Waals surface area contributed by atoms with Crippen LogP contribution < -0.4 is 16.5 Å². The second kappa shape index (κ2) is 9.80. The lowest BCUT2D eigenvalue weighted by Crippen LogP contribution is -2.35. The lowest BCUT2D eigenvalue weighted by molar-refractivity contribution is 0.0950. The Morgan fingerprint density at radius 3 is 2.68 bits per heavy atom. The molecule has 2 aromatic carbocycles. The van der Waals surface area contributed by atoms with Crippen molar-refractivity contribution in [3.8, 4) is 11.3 Å². The normalized spacial score (nSPS) is 14.4. The van der Waals surface area contributed by atoms with Gasteiger partial charge < -0.3 is 16.0 Å². The molecular formula is C29H27N5O2S. The predicted octanol–water partition coefficient (Wildman–Crippen LogP) is 4.48. The van der Waals surface area contributed by atoms with Gasteiger partial charge in [-0.2, -0.15) is 0 Å². The van der Waals surface area contributed by atoms with Gasteiger partial charge in [-0.15, -0.1) is 11.3 Å². The number of likely N-dealkylation sites (tertiary alicyclic amines) is 1. The Kier molecular flexibility index (Phi) is 6.20. The summed E-state index contributed by atoms with van der Waals surface area (Å²) in [5.74, 6) is -0.336. The van der Waals surface area contributed by atoms with Crippen molar-refractivity contribution in [3.63, 3.8) is 0 Å². The zero-order valence-electron chi connectivity index (χ0n) is 20.3. The molecule has 1 aliphatic rings. The Hall–Kier alpha value is -4.01. The maximum absolute atomic E-state index is 13.8. The van der Waals surface area contributed by atoms with Gasteiger partial charge in [0.15, 0.2) is 0 Å². The Labute approximate surface area is 217 Å². The number of nitrogens with zero attached hydrogens (tertiary/aromatic N) is 3. The number of pyridine rings is 2. The van der Waals surface area contributed by atoms with Crippen LogP contribution in [-0.4, -0.2) is 46.4 Å². The average Bonchev–Trinajstić information content (AvgIpc) is 3.57. The molecule has 0 radical (unpaired) electrons. The predicted molar refractivity (Wildman–Crippen MR) is 151 cm³/mol. The van der Waals surface area contributed by atoms with Crippen LogP contribution in [0.15, 0.2) is 71.7 Å². The monoisotopic (exact) mass is 509 g/mol. The third-order valence-corrected chi connectivity index (χ3v) is 8.09. The summed E-state index contributed by atoms with van der Waals surface area (Å²) in [6.45, 7) is 3.42. The molecule has 5 aromatic rings. The lowest BCUT2D eigenvalue weighted by atomic mass is 10.0. The largest absolute Gasteiger partial charge is 0.405 e. The highest BCUT2D eigenvalue weighted by Crippen LogP contribution is 2.32. The van der Waals surface area contributed by atoms with E-state index in [0.29, 0.717) is 22.4 Å². The highest BCUT2D eigenvalue weighted by molar-refractivity contribution is 7.24. The second-order valence-electron chi connectivity index (χ2n) is 9.23. The maximum atomic E-state index is 13.8. The van der Waals surface area contributed by atoms with Crippen LogP contribution in [0, 0.1) is 0 Å². The molecule has 1 aliphatic heterocycles. The molecule has 8 heteroatoms. The van der Waals surface area contributed by atoms with E-state index in [0.717, 1.165) is 46.7 Å². The lowest BCUT2D eigenvalue weighted by Gasteiger charge is -2.15. The fourth-order valence-electron chi connectivity index (χ4n) is 5.14. The van der Waals surface area contributed by atoms with Gasteiger partial charge in [-0.3, -0.25) is 14.0 Å². The van der Waals surface area contributed by atoms with E-state index >= 15 is 0 Å². The number of hydrogen-bond acceptors (Lipinski definition) is 6. The molecule has 4 heterocycles. The van der Waals surface area contributed by atoms with Gasteiger partial charge in [-0.25, -0.2) is 4.98 Å². The van der Waals surface area contributed by atoms with Crippen LogP contribution in [0.4, 0.5) is 0 Å². The highest BCUT2D eigenvalue weighted by atomic mass is 32.1. The van der Waals surface area contributed by atoms with E-state index in [-0.39, 0.29) is 16.9 Å². The minimum Gasteiger partial charge on any atom is -0.405 e. The van der Waals surface area contributed by atoms with E-state index in [2.05, 4.69) is 10.2 Å². The van der Waals surface area contributed by atoms with Crippen LogP contribution >= 0.6 is 11.3 Å². The molecule has 1 amide bonds. The summed E-state index contributed by atoms with van der Waals surface area (Å²) in [4.78, 5) is 35.1. The molecule has 0 atom stereocenters. The van der Waals surface area contributed by atoms with E-state index in [1.165, 1.54) is 30.4 Å². The van der Waals surface area contributed by atoms with Gasteiger partial charge in [0.2, 0.25) is 5.43 Å². The first-order valence-electron chi connectivity index (χ1n) is 12.5. The molecule has 0 bridgehead atoms. The minimum absolute atomic E-state index is 0.177. The summed E-state index contributed by atoms with van der Waals surface area (Å²) >= 11 is 1.44. The zero-order chi connectivity index (χ0) is 25.4. The minimum atomic E-state index is -0.336. The number of thiazole rings is 1. The van der Waals surface area contributed by atoms with Gasteiger partial charge in [0.1, 0.15) is 16.0 Å². The number of rotatable bonds is 6. The molecular weight excluding hydrogens is 482 g/mol. The Balaban J connectivity index is 1.52. The van der Waals surface area contributed by atoms with Crippen LogP contribution in [0.2, 0.25) is 0 Å². The van der Waals surface area contributed by atoms with E-state index in [1.54, 1.807) is 6.07 Å². The zero-order valence-corrected chi connectivity index (χ0v) is 21.1.